The number of Topliss-reactive ketones (excluding diaryl/α,β-unsaturated/α-hetero) is 1. The Bertz CT molecular complexity index is 823. The number of ketones is 1. The van der Waals surface area contributed by atoms with Crippen molar-refractivity contribution >= 4 is 5.78 Å². The van der Waals surface area contributed by atoms with E-state index in [1.807, 2.05) is 42.5 Å². The largest absolute Gasteiger partial charge is 0.508 e. The van der Waals surface area contributed by atoms with Crippen molar-refractivity contribution in [1.82, 2.24) is 0 Å². The lowest BCUT2D eigenvalue weighted by Gasteiger charge is -2.17. The van der Waals surface area contributed by atoms with Crippen LogP contribution in [0.5, 0.6) is 11.5 Å². The fourth-order valence-corrected chi connectivity index (χ4v) is 2.78. The fraction of sp³-hybridized carbons (Fsp3) is 0.0952. The molecule has 120 valence electrons. The average Bonchev–Trinajstić information content (AvgIpc) is 2.62. The highest BCUT2D eigenvalue weighted by molar-refractivity contribution is 6.01. The average molecular weight is 318 g/mol. The van der Waals surface area contributed by atoms with Crippen LogP contribution in [0.1, 0.15) is 27.4 Å². The first-order valence-electron chi connectivity index (χ1n) is 7.80. The van der Waals surface area contributed by atoms with Gasteiger partial charge < -0.3 is 10.2 Å². The Balaban J connectivity index is 1.97. The van der Waals surface area contributed by atoms with Gasteiger partial charge in [0.05, 0.1) is 5.92 Å². The molecule has 3 aromatic rings. The summed E-state index contributed by atoms with van der Waals surface area (Å²) in [5.74, 6) is -0.117. The highest BCUT2D eigenvalue weighted by Crippen LogP contribution is 2.29. The van der Waals surface area contributed by atoms with Gasteiger partial charge in [0.2, 0.25) is 0 Å². The van der Waals surface area contributed by atoms with E-state index < -0.39 is 5.92 Å². The molecule has 0 aliphatic rings. The molecule has 2 N–H and O–H groups in total. The zero-order valence-corrected chi connectivity index (χ0v) is 13.1. The van der Waals surface area contributed by atoms with Gasteiger partial charge in [-0.3, -0.25) is 4.79 Å². The lowest BCUT2D eigenvalue weighted by molar-refractivity contribution is 0.0958. The molecule has 3 nitrogen and oxygen atoms in total. The molecule has 0 radical (unpaired) electrons. The number of hydrogen-bond donors (Lipinski definition) is 2. The minimum atomic E-state index is -0.399. The number of aromatic hydroxyl groups is 2. The second kappa shape index (κ2) is 7.01. The van der Waals surface area contributed by atoms with E-state index in [2.05, 4.69) is 0 Å². The molecule has 3 heteroatoms. The Morgan fingerprint density at radius 3 is 2.08 bits per heavy atom. The lowest BCUT2D eigenvalue weighted by Crippen LogP contribution is -2.15. The summed E-state index contributed by atoms with van der Waals surface area (Å²) in [5, 5.41) is 19.5. The predicted octanol–water partition coefficient (Wildman–Crippen LogP) is 4.31. The molecule has 0 spiro atoms. The Hall–Kier alpha value is -3.07. The second-order valence-corrected chi connectivity index (χ2v) is 5.71. The first-order valence-corrected chi connectivity index (χ1v) is 7.80. The van der Waals surface area contributed by atoms with E-state index in [0.717, 1.165) is 11.1 Å². The maximum absolute atomic E-state index is 13.0. The first-order chi connectivity index (χ1) is 11.6. The van der Waals surface area contributed by atoms with Crippen molar-refractivity contribution in [3.05, 3.63) is 95.6 Å². The van der Waals surface area contributed by atoms with Gasteiger partial charge in [0, 0.05) is 5.56 Å². The highest BCUT2D eigenvalue weighted by atomic mass is 16.3. The lowest BCUT2D eigenvalue weighted by atomic mass is 9.85. The first kappa shape index (κ1) is 15.8. The minimum absolute atomic E-state index is 0.0375. The third-order valence-electron chi connectivity index (χ3n) is 4.09. The molecule has 0 fully saturated rings. The van der Waals surface area contributed by atoms with Crippen LogP contribution in [-0.4, -0.2) is 16.0 Å². The van der Waals surface area contributed by atoms with Crippen LogP contribution >= 0.6 is 0 Å². The molecule has 0 saturated carbocycles. The standard InChI is InChI=1S/C21H18O3/c22-18-12-10-16(11-13-18)21(24)19(15-6-2-1-3-7-15)14-17-8-4-5-9-20(17)23/h1-13,19,22-23H,14H2. The number of carbonyl (C=O) groups excluding carboxylic acids is 1. The summed E-state index contributed by atoms with van der Waals surface area (Å²) in [4.78, 5) is 13.0. The number of carbonyl (C=O) groups is 1. The normalized spacial score (nSPS) is 11.8. The number of phenols is 2. The molecule has 0 heterocycles. The van der Waals surface area contributed by atoms with E-state index in [1.165, 1.54) is 12.1 Å². The maximum Gasteiger partial charge on any atom is 0.170 e. The maximum atomic E-state index is 13.0. The summed E-state index contributed by atoms with van der Waals surface area (Å²) in [6.07, 6.45) is 0.413. The Labute approximate surface area is 140 Å². The molecule has 0 aromatic heterocycles. The van der Waals surface area contributed by atoms with Crippen LogP contribution in [-0.2, 0) is 6.42 Å². The number of phenolic OH excluding ortho intramolecular Hbond substituents is 2. The van der Waals surface area contributed by atoms with Crippen molar-refractivity contribution in [2.75, 3.05) is 0 Å². The van der Waals surface area contributed by atoms with Crippen LogP contribution in [0.2, 0.25) is 0 Å². The monoisotopic (exact) mass is 318 g/mol. The van der Waals surface area contributed by atoms with Crippen molar-refractivity contribution in [3.63, 3.8) is 0 Å². The Kier molecular flexibility index (Phi) is 4.62. The van der Waals surface area contributed by atoms with Crippen LogP contribution in [0.4, 0.5) is 0 Å². The molecule has 24 heavy (non-hydrogen) atoms. The molecule has 3 aromatic carbocycles. The molecular weight excluding hydrogens is 300 g/mol. The third-order valence-corrected chi connectivity index (χ3v) is 4.09. The van der Waals surface area contributed by atoms with E-state index in [0.29, 0.717) is 12.0 Å². The Morgan fingerprint density at radius 1 is 0.792 bits per heavy atom. The zero-order valence-electron chi connectivity index (χ0n) is 13.1. The van der Waals surface area contributed by atoms with Gasteiger partial charge in [-0.15, -0.1) is 0 Å². The molecular formula is C21H18O3. The van der Waals surface area contributed by atoms with Crippen molar-refractivity contribution in [2.24, 2.45) is 0 Å². The van der Waals surface area contributed by atoms with E-state index >= 15 is 0 Å². The summed E-state index contributed by atoms with van der Waals surface area (Å²) < 4.78 is 0. The van der Waals surface area contributed by atoms with Gasteiger partial charge in [-0.2, -0.15) is 0 Å². The van der Waals surface area contributed by atoms with Gasteiger partial charge in [-0.05, 0) is 47.9 Å². The molecule has 0 aliphatic carbocycles. The van der Waals surface area contributed by atoms with Gasteiger partial charge in [-0.25, -0.2) is 0 Å². The van der Waals surface area contributed by atoms with Gasteiger partial charge in [0.1, 0.15) is 11.5 Å². The molecule has 1 unspecified atom stereocenters. The van der Waals surface area contributed by atoms with Crippen LogP contribution in [0.15, 0.2) is 78.9 Å². The van der Waals surface area contributed by atoms with Crippen molar-refractivity contribution < 1.29 is 15.0 Å². The summed E-state index contributed by atoms with van der Waals surface area (Å²) in [5.41, 5.74) is 2.18. The molecule has 3 rings (SSSR count). The smallest absolute Gasteiger partial charge is 0.170 e. The number of rotatable bonds is 5. The number of hydrogen-bond acceptors (Lipinski definition) is 3. The van der Waals surface area contributed by atoms with Gasteiger partial charge in [0.15, 0.2) is 5.78 Å². The van der Waals surface area contributed by atoms with Crippen molar-refractivity contribution in [3.8, 4) is 11.5 Å². The fourth-order valence-electron chi connectivity index (χ4n) is 2.78. The van der Waals surface area contributed by atoms with Crippen LogP contribution in [0.3, 0.4) is 0 Å². The van der Waals surface area contributed by atoms with Crippen LogP contribution in [0.25, 0.3) is 0 Å². The quantitative estimate of drug-likeness (QED) is 0.689. The van der Waals surface area contributed by atoms with Gasteiger partial charge in [-0.1, -0.05) is 48.5 Å². The number of para-hydroxylation sites is 1. The molecule has 1 atom stereocenters. The third kappa shape index (κ3) is 3.46. The molecule has 0 aliphatic heterocycles. The number of benzene rings is 3. The Morgan fingerprint density at radius 2 is 1.42 bits per heavy atom. The van der Waals surface area contributed by atoms with Gasteiger partial charge in [0.25, 0.3) is 0 Å². The summed E-state index contributed by atoms with van der Waals surface area (Å²) in [6.45, 7) is 0. The van der Waals surface area contributed by atoms with Crippen molar-refractivity contribution in [1.29, 1.82) is 0 Å². The zero-order chi connectivity index (χ0) is 16.9. The van der Waals surface area contributed by atoms with Crippen LogP contribution < -0.4 is 0 Å². The van der Waals surface area contributed by atoms with Gasteiger partial charge >= 0.3 is 0 Å². The summed E-state index contributed by atoms with van der Waals surface area (Å²) in [7, 11) is 0. The van der Waals surface area contributed by atoms with Crippen LogP contribution in [0, 0.1) is 0 Å². The van der Waals surface area contributed by atoms with E-state index in [9.17, 15) is 15.0 Å². The summed E-state index contributed by atoms with van der Waals surface area (Å²) in [6, 6.07) is 22.9. The molecule has 0 bridgehead atoms. The summed E-state index contributed by atoms with van der Waals surface area (Å²) >= 11 is 0. The SMILES string of the molecule is O=C(c1ccc(O)cc1)C(Cc1ccccc1O)c1ccccc1. The molecule has 0 amide bonds. The second-order valence-electron chi connectivity index (χ2n) is 5.71. The van der Waals surface area contributed by atoms with E-state index in [4.69, 9.17) is 0 Å². The van der Waals surface area contributed by atoms with E-state index in [1.54, 1.807) is 24.3 Å². The van der Waals surface area contributed by atoms with E-state index in [-0.39, 0.29) is 17.3 Å². The highest BCUT2D eigenvalue weighted by Gasteiger charge is 2.23. The van der Waals surface area contributed by atoms with Crippen molar-refractivity contribution in [2.45, 2.75) is 12.3 Å². The molecule has 0 saturated heterocycles. The minimum Gasteiger partial charge on any atom is -0.508 e. The predicted molar refractivity (Wildman–Crippen MR) is 93.4 cm³/mol. The topological polar surface area (TPSA) is 57.5 Å².